The smallest absolute Gasteiger partial charge is 0.273 e. The van der Waals surface area contributed by atoms with Crippen LogP contribution >= 0.6 is 0 Å². The molecule has 0 unspecified atom stereocenters. The standard InChI is InChI=1S/C23H23N5O4/c1-31-18-9-8-16(20(14-18)32-2)15-27-21(12-13-24-27)25-23(30)19-10-11-22(29)28(26-19)17-6-4-3-5-7-17/h3-9,12-14H,10-11,15H2,1-2H3,(H,25,30). The van der Waals surface area contributed by atoms with E-state index >= 15 is 0 Å². The van der Waals surface area contributed by atoms with Gasteiger partial charge in [-0.15, -0.1) is 0 Å². The van der Waals surface area contributed by atoms with Gasteiger partial charge in [-0.3, -0.25) is 9.59 Å². The number of nitrogens with zero attached hydrogens (tertiary/aromatic N) is 4. The molecule has 0 atom stereocenters. The SMILES string of the molecule is COc1ccc(Cn2nccc2NC(=O)C2=NN(c3ccccc3)C(=O)CC2)c(OC)c1. The predicted molar refractivity (Wildman–Crippen MR) is 120 cm³/mol. The van der Waals surface area contributed by atoms with Gasteiger partial charge in [0.1, 0.15) is 23.0 Å². The first kappa shape index (κ1) is 21.1. The van der Waals surface area contributed by atoms with E-state index in [0.29, 0.717) is 29.5 Å². The van der Waals surface area contributed by atoms with E-state index in [2.05, 4.69) is 15.5 Å². The van der Waals surface area contributed by atoms with Gasteiger partial charge in [-0.1, -0.05) is 18.2 Å². The second kappa shape index (κ2) is 9.34. The molecule has 0 spiro atoms. The van der Waals surface area contributed by atoms with Crippen LogP contribution in [0.25, 0.3) is 0 Å². The number of carbonyl (C=O) groups excluding carboxylic acids is 2. The lowest BCUT2D eigenvalue weighted by atomic mass is 10.1. The summed E-state index contributed by atoms with van der Waals surface area (Å²) in [6.07, 6.45) is 2.09. The Labute approximate surface area is 185 Å². The highest BCUT2D eigenvalue weighted by atomic mass is 16.5. The van der Waals surface area contributed by atoms with Crippen molar-refractivity contribution in [3.63, 3.8) is 0 Å². The molecule has 2 amide bonds. The normalized spacial score (nSPS) is 13.5. The van der Waals surface area contributed by atoms with Crippen molar-refractivity contribution in [3.8, 4) is 11.5 Å². The first-order valence-corrected chi connectivity index (χ1v) is 10.1. The van der Waals surface area contributed by atoms with Crippen LogP contribution in [0.4, 0.5) is 11.5 Å². The van der Waals surface area contributed by atoms with Crippen LogP contribution in [0.2, 0.25) is 0 Å². The average molecular weight is 433 g/mol. The number of amides is 2. The lowest BCUT2D eigenvalue weighted by Crippen LogP contribution is -2.36. The topological polar surface area (TPSA) is 98.0 Å². The number of rotatable bonds is 7. The van der Waals surface area contributed by atoms with Gasteiger partial charge in [-0.2, -0.15) is 10.2 Å². The molecule has 0 aliphatic carbocycles. The Morgan fingerprint density at radius 1 is 1.06 bits per heavy atom. The lowest BCUT2D eigenvalue weighted by Gasteiger charge is -2.23. The Hall–Kier alpha value is -4.14. The lowest BCUT2D eigenvalue weighted by molar-refractivity contribution is -0.118. The summed E-state index contributed by atoms with van der Waals surface area (Å²) in [5.74, 6) is 1.34. The number of ether oxygens (including phenoxy) is 2. The average Bonchev–Trinajstić information content (AvgIpc) is 3.26. The van der Waals surface area contributed by atoms with Crippen LogP contribution in [-0.4, -0.2) is 41.5 Å². The highest BCUT2D eigenvalue weighted by Crippen LogP contribution is 2.26. The number of carbonyl (C=O) groups is 2. The minimum atomic E-state index is -0.373. The summed E-state index contributed by atoms with van der Waals surface area (Å²) >= 11 is 0. The monoisotopic (exact) mass is 433 g/mol. The van der Waals surface area contributed by atoms with E-state index in [1.165, 1.54) is 5.01 Å². The molecule has 0 saturated carbocycles. The van der Waals surface area contributed by atoms with E-state index in [0.717, 1.165) is 5.56 Å². The summed E-state index contributed by atoms with van der Waals surface area (Å²) in [4.78, 5) is 25.2. The van der Waals surface area contributed by atoms with Crippen LogP contribution in [0.1, 0.15) is 18.4 Å². The molecule has 9 nitrogen and oxygen atoms in total. The number of methoxy groups -OCH3 is 2. The van der Waals surface area contributed by atoms with Gasteiger partial charge in [-0.25, -0.2) is 9.69 Å². The van der Waals surface area contributed by atoms with Gasteiger partial charge >= 0.3 is 0 Å². The number of anilines is 2. The van der Waals surface area contributed by atoms with Crippen molar-refractivity contribution in [1.29, 1.82) is 0 Å². The van der Waals surface area contributed by atoms with Crippen molar-refractivity contribution < 1.29 is 19.1 Å². The fraction of sp³-hybridized carbons (Fsp3) is 0.217. The molecule has 0 bridgehead atoms. The Morgan fingerprint density at radius 3 is 2.62 bits per heavy atom. The van der Waals surface area contributed by atoms with Gasteiger partial charge in [-0.05, 0) is 24.3 Å². The molecule has 9 heteroatoms. The summed E-state index contributed by atoms with van der Waals surface area (Å²) in [5.41, 5.74) is 1.78. The number of hydrogen-bond donors (Lipinski definition) is 1. The number of benzene rings is 2. The van der Waals surface area contributed by atoms with E-state index in [4.69, 9.17) is 9.47 Å². The van der Waals surface area contributed by atoms with Gasteiger partial charge in [0.25, 0.3) is 5.91 Å². The third kappa shape index (κ3) is 4.46. The van der Waals surface area contributed by atoms with Gasteiger partial charge in [0.05, 0.1) is 32.6 Å². The van der Waals surface area contributed by atoms with Crippen molar-refractivity contribution in [1.82, 2.24) is 9.78 Å². The minimum Gasteiger partial charge on any atom is -0.497 e. The molecular weight excluding hydrogens is 410 g/mol. The van der Waals surface area contributed by atoms with Crippen molar-refractivity contribution in [2.24, 2.45) is 5.10 Å². The maximum Gasteiger partial charge on any atom is 0.273 e. The van der Waals surface area contributed by atoms with E-state index < -0.39 is 0 Å². The molecule has 4 rings (SSSR count). The van der Waals surface area contributed by atoms with E-state index in [1.54, 1.807) is 49.4 Å². The molecule has 0 radical (unpaired) electrons. The molecule has 1 aliphatic rings. The Kier molecular flexibility index (Phi) is 6.16. The first-order valence-electron chi connectivity index (χ1n) is 10.1. The summed E-state index contributed by atoms with van der Waals surface area (Å²) in [7, 11) is 3.18. The largest absolute Gasteiger partial charge is 0.497 e. The molecular formula is C23H23N5O4. The maximum absolute atomic E-state index is 12.9. The molecule has 0 saturated heterocycles. The zero-order chi connectivity index (χ0) is 22.5. The molecule has 1 aliphatic heterocycles. The Bertz CT molecular complexity index is 1160. The number of nitrogens with one attached hydrogen (secondary N) is 1. The molecule has 3 aromatic rings. The third-order valence-corrected chi connectivity index (χ3v) is 5.07. The van der Waals surface area contributed by atoms with Crippen LogP contribution in [0.5, 0.6) is 11.5 Å². The minimum absolute atomic E-state index is 0.149. The van der Waals surface area contributed by atoms with Crippen LogP contribution in [0.3, 0.4) is 0 Å². The van der Waals surface area contributed by atoms with Crippen LogP contribution in [0.15, 0.2) is 65.9 Å². The fourth-order valence-corrected chi connectivity index (χ4v) is 3.38. The van der Waals surface area contributed by atoms with E-state index in [-0.39, 0.29) is 30.4 Å². The van der Waals surface area contributed by atoms with Crippen LogP contribution < -0.4 is 19.8 Å². The highest BCUT2D eigenvalue weighted by Gasteiger charge is 2.26. The predicted octanol–water partition coefficient (Wildman–Crippen LogP) is 3.07. The molecule has 2 aromatic carbocycles. The summed E-state index contributed by atoms with van der Waals surface area (Å²) in [5, 5.41) is 12.7. The highest BCUT2D eigenvalue weighted by molar-refractivity contribution is 6.44. The number of hydrogen-bond acceptors (Lipinski definition) is 6. The molecule has 1 N–H and O–H groups in total. The van der Waals surface area contributed by atoms with Crippen LogP contribution in [-0.2, 0) is 16.1 Å². The van der Waals surface area contributed by atoms with Crippen molar-refractivity contribution in [2.75, 3.05) is 24.5 Å². The van der Waals surface area contributed by atoms with Crippen molar-refractivity contribution in [2.45, 2.75) is 19.4 Å². The Balaban J connectivity index is 1.52. The molecule has 1 aromatic heterocycles. The quantitative estimate of drug-likeness (QED) is 0.618. The molecule has 164 valence electrons. The maximum atomic E-state index is 12.9. The van der Waals surface area contributed by atoms with Crippen LogP contribution in [0, 0.1) is 0 Å². The second-order valence-electron chi connectivity index (χ2n) is 7.09. The Morgan fingerprint density at radius 2 is 1.88 bits per heavy atom. The second-order valence-corrected chi connectivity index (χ2v) is 7.09. The third-order valence-electron chi connectivity index (χ3n) is 5.07. The van der Waals surface area contributed by atoms with Gasteiger partial charge in [0.2, 0.25) is 5.91 Å². The van der Waals surface area contributed by atoms with Crippen molar-refractivity contribution in [3.05, 3.63) is 66.4 Å². The molecule has 32 heavy (non-hydrogen) atoms. The van der Waals surface area contributed by atoms with Gasteiger partial charge in [0.15, 0.2) is 0 Å². The summed E-state index contributed by atoms with van der Waals surface area (Å²) < 4.78 is 12.3. The number of para-hydroxylation sites is 1. The summed E-state index contributed by atoms with van der Waals surface area (Å²) in [6, 6.07) is 16.3. The molecule has 0 fully saturated rings. The van der Waals surface area contributed by atoms with Crippen molar-refractivity contribution >= 4 is 29.0 Å². The molecule has 2 heterocycles. The van der Waals surface area contributed by atoms with Gasteiger partial charge < -0.3 is 14.8 Å². The van der Waals surface area contributed by atoms with Gasteiger partial charge in [0, 0.05) is 30.5 Å². The van der Waals surface area contributed by atoms with E-state index in [1.807, 2.05) is 30.3 Å². The number of hydrazone groups is 1. The van der Waals surface area contributed by atoms with E-state index in [9.17, 15) is 9.59 Å². The zero-order valence-corrected chi connectivity index (χ0v) is 17.8. The first-order chi connectivity index (χ1) is 15.6. The summed E-state index contributed by atoms with van der Waals surface area (Å²) in [6.45, 7) is 0.386. The number of aromatic nitrogens is 2. The fourth-order valence-electron chi connectivity index (χ4n) is 3.38. The zero-order valence-electron chi connectivity index (χ0n) is 17.8.